The molecule has 0 spiro atoms. The largest absolute Gasteiger partial charge is 0.352 e. The van der Waals surface area contributed by atoms with Crippen molar-refractivity contribution in [3.8, 4) is 0 Å². The number of carbonyl (C=O) groups is 1. The number of carbonyl (C=O) groups excluding carboxylic acids is 1. The Labute approximate surface area is 180 Å². The van der Waals surface area contributed by atoms with Crippen LogP contribution in [0.25, 0.3) is 0 Å². The van der Waals surface area contributed by atoms with Crippen molar-refractivity contribution in [2.75, 3.05) is 26.2 Å². The average Bonchev–Trinajstić information content (AvgIpc) is 3.38. The first kappa shape index (κ1) is 21.8. The number of nitrogens with one attached hydrogen (secondary N) is 2. The molecule has 1 atom stereocenters. The number of sulfonamides is 1. The van der Waals surface area contributed by atoms with Gasteiger partial charge in [0.25, 0.3) is 0 Å². The van der Waals surface area contributed by atoms with Crippen molar-refractivity contribution in [3.05, 3.63) is 29.3 Å². The smallest absolute Gasteiger partial charge is 0.240 e. The summed E-state index contributed by atoms with van der Waals surface area (Å²) in [5, 5.41) is 3.19. The number of rotatable bonds is 7. The maximum atomic E-state index is 12.8. The summed E-state index contributed by atoms with van der Waals surface area (Å²) in [6.07, 6.45) is 8.16. The lowest BCUT2D eigenvalue weighted by Gasteiger charge is -2.30. The standard InChI is InChI=1S/C23H35N3O3S/c1-17-8-11-26(12-9-17)13-10-24-30(28,29)22-7-6-19-14-21(15-20(19)16-22)25-23(27)18-4-2-3-5-18/h6-7,16-18,21,24H,2-5,8-15H2,1H3,(H,25,27). The molecule has 7 heteroatoms. The highest BCUT2D eigenvalue weighted by Gasteiger charge is 2.29. The summed E-state index contributed by atoms with van der Waals surface area (Å²) >= 11 is 0. The molecule has 2 fully saturated rings. The van der Waals surface area contributed by atoms with E-state index in [1.165, 1.54) is 12.8 Å². The number of likely N-dealkylation sites (tertiary alicyclic amines) is 1. The van der Waals surface area contributed by atoms with Crippen LogP contribution >= 0.6 is 0 Å². The maximum absolute atomic E-state index is 12.8. The molecule has 1 aromatic rings. The van der Waals surface area contributed by atoms with Gasteiger partial charge in [-0.3, -0.25) is 4.79 Å². The van der Waals surface area contributed by atoms with E-state index in [0.29, 0.717) is 17.9 Å². The minimum atomic E-state index is -3.51. The van der Waals surface area contributed by atoms with E-state index in [2.05, 4.69) is 21.9 Å². The molecule has 0 aromatic heterocycles. The normalized spacial score (nSPS) is 23.6. The molecule has 0 radical (unpaired) electrons. The summed E-state index contributed by atoms with van der Waals surface area (Å²) in [6.45, 7) is 5.57. The lowest BCUT2D eigenvalue weighted by Crippen LogP contribution is -2.39. The fourth-order valence-corrected chi connectivity index (χ4v) is 6.15. The van der Waals surface area contributed by atoms with Gasteiger partial charge in [-0.05, 0) is 80.8 Å². The molecule has 2 N–H and O–H groups in total. The SMILES string of the molecule is CC1CCN(CCNS(=O)(=O)c2ccc3c(c2)CC(NC(=O)C2CCCC2)C3)CC1. The summed E-state index contributed by atoms with van der Waals surface area (Å²) in [5.41, 5.74) is 2.19. The van der Waals surface area contributed by atoms with Gasteiger partial charge in [0.1, 0.15) is 0 Å². The van der Waals surface area contributed by atoms with E-state index >= 15 is 0 Å². The Morgan fingerprint density at radius 2 is 1.77 bits per heavy atom. The van der Waals surface area contributed by atoms with Gasteiger partial charge in [0.05, 0.1) is 4.90 Å². The van der Waals surface area contributed by atoms with Crippen LogP contribution in [0.2, 0.25) is 0 Å². The molecule has 1 saturated heterocycles. The molecule has 1 unspecified atom stereocenters. The second-order valence-electron chi connectivity index (χ2n) is 9.45. The molecular formula is C23H35N3O3S. The van der Waals surface area contributed by atoms with Crippen LogP contribution in [0.1, 0.15) is 56.6 Å². The zero-order valence-electron chi connectivity index (χ0n) is 18.0. The number of amides is 1. The van der Waals surface area contributed by atoms with Crippen molar-refractivity contribution in [2.45, 2.75) is 69.2 Å². The third-order valence-electron chi connectivity index (χ3n) is 7.09. The van der Waals surface area contributed by atoms with E-state index in [4.69, 9.17) is 0 Å². The lowest BCUT2D eigenvalue weighted by molar-refractivity contribution is -0.125. The van der Waals surface area contributed by atoms with Gasteiger partial charge in [-0.25, -0.2) is 13.1 Å². The van der Waals surface area contributed by atoms with Crippen molar-refractivity contribution in [1.82, 2.24) is 14.9 Å². The Hall–Kier alpha value is -1.44. The molecule has 2 aliphatic carbocycles. The highest BCUT2D eigenvalue weighted by molar-refractivity contribution is 7.89. The molecule has 1 amide bonds. The third-order valence-corrected chi connectivity index (χ3v) is 8.55. The summed E-state index contributed by atoms with van der Waals surface area (Å²) in [6, 6.07) is 5.49. The number of benzene rings is 1. The Morgan fingerprint density at radius 3 is 2.50 bits per heavy atom. The zero-order valence-corrected chi connectivity index (χ0v) is 18.8. The van der Waals surface area contributed by atoms with E-state index in [0.717, 1.165) is 68.8 Å². The first-order valence-electron chi connectivity index (χ1n) is 11.5. The second kappa shape index (κ2) is 9.37. The highest BCUT2D eigenvalue weighted by Crippen LogP contribution is 2.28. The zero-order chi connectivity index (χ0) is 21.1. The molecule has 30 heavy (non-hydrogen) atoms. The van der Waals surface area contributed by atoms with Gasteiger partial charge in [-0.15, -0.1) is 0 Å². The van der Waals surface area contributed by atoms with E-state index in [1.54, 1.807) is 12.1 Å². The molecule has 1 heterocycles. The van der Waals surface area contributed by atoms with Crippen LogP contribution in [0, 0.1) is 11.8 Å². The predicted molar refractivity (Wildman–Crippen MR) is 118 cm³/mol. The number of nitrogens with zero attached hydrogens (tertiary/aromatic N) is 1. The lowest BCUT2D eigenvalue weighted by atomic mass is 9.99. The number of piperidine rings is 1. The Bertz CT molecular complexity index is 856. The summed E-state index contributed by atoms with van der Waals surface area (Å²) in [5.74, 6) is 1.11. The minimum Gasteiger partial charge on any atom is -0.352 e. The Kier molecular flexibility index (Phi) is 6.80. The van der Waals surface area contributed by atoms with Gasteiger partial charge in [-0.1, -0.05) is 25.8 Å². The summed E-state index contributed by atoms with van der Waals surface area (Å²) < 4.78 is 28.3. The van der Waals surface area contributed by atoms with Crippen LogP contribution in [-0.4, -0.2) is 51.4 Å². The molecule has 1 aromatic carbocycles. The topological polar surface area (TPSA) is 78.5 Å². The van der Waals surface area contributed by atoms with Gasteiger partial charge in [0, 0.05) is 25.0 Å². The van der Waals surface area contributed by atoms with Crippen LogP contribution < -0.4 is 10.0 Å². The fourth-order valence-electron chi connectivity index (χ4n) is 5.08. The summed E-state index contributed by atoms with van der Waals surface area (Å²) in [7, 11) is -3.51. The van der Waals surface area contributed by atoms with E-state index in [9.17, 15) is 13.2 Å². The van der Waals surface area contributed by atoms with Crippen LogP contribution in [0.3, 0.4) is 0 Å². The van der Waals surface area contributed by atoms with E-state index in [-0.39, 0.29) is 17.9 Å². The quantitative estimate of drug-likeness (QED) is 0.692. The third kappa shape index (κ3) is 5.24. The molecule has 6 nitrogen and oxygen atoms in total. The van der Waals surface area contributed by atoms with E-state index in [1.807, 2.05) is 6.07 Å². The van der Waals surface area contributed by atoms with Crippen molar-refractivity contribution < 1.29 is 13.2 Å². The maximum Gasteiger partial charge on any atom is 0.240 e. The number of hydrogen-bond acceptors (Lipinski definition) is 4. The Balaban J connectivity index is 1.30. The van der Waals surface area contributed by atoms with Crippen LogP contribution in [-0.2, 0) is 27.7 Å². The van der Waals surface area contributed by atoms with Crippen LogP contribution in [0.15, 0.2) is 23.1 Å². The molecule has 0 bridgehead atoms. The van der Waals surface area contributed by atoms with Gasteiger partial charge in [0.15, 0.2) is 0 Å². The first-order valence-corrected chi connectivity index (χ1v) is 13.0. The van der Waals surface area contributed by atoms with Gasteiger partial charge >= 0.3 is 0 Å². The average molecular weight is 434 g/mol. The first-order chi connectivity index (χ1) is 14.4. The molecule has 166 valence electrons. The molecular weight excluding hydrogens is 398 g/mol. The monoisotopic (exact) mass is 433 g/mol. The van der Waals surface area contributed by atoms with Crippen molar-refractivity contribution in [2.24, 2.45) is 11.8 Å². The Morgan fingerprint density at radius 1 is 1.07 bits per heavy atom. The predicted octanol–water partition coefficient (Wildman–Crippen LogP) is 2.47. The molecule has 1 aliphatic heterocycles. The molecule has 1 saturated carbocycles. The summed E-state index contributed by atoms with van der Waals surface area (Å²) in [4.78, 5) is 15.1. The number of fused-ring (bicyclic) bond motifs is 1. The number of hydrogen-bond donors (Lipinski definition) is 2. The molecule has 3 aliphatic rings. The van der Waals surface area contributed by atoms with Crippen LogP contribution in [0.5, 0.6) is 0 Å². The van der Waals surface area contributed by atoms with Gasteiger partial charge < -0.3 is 10.2 Å². The minimum absolute atomic E-state index is 0.0838. The van der Waals surface area contributed by atoms with Crippen LogP contribution in [0.4, 0.5) is 0 Å². The fraction of sp³-hybridized carbons (Fsp3) is 0.696. The van der Waals surface area contributed by atoms with Crippen molar-refractivity contribution >= 4 is 15.9 Å². The second-order valence-corrected chi connectivity index (χ2v) is 11.2. The molecule has 4 rings (SSSR count). The van der Waals surface area contributed by atoms with E-state index < -0.39 is 10.0 Å². The highest BCUT2D eigenvalue weighted by atomic mass is 32.2. The van der Waals surface area contributed by atoms with Gasteiger partial charge in [-0.2, -0.15) is 0 Å². The van der Waals surface area contributed by atoms with Crippen molar-refractivity contribution in [1.29, 1.82) is 0 Å². The van der Waals surface area contributed by atoms with Crippen molar-refractivity contribution in [3.63, 3.8) is 0 Å². The van der Waals surface area contributed by atoms with Gasteiger partial charge in [0.2, 0.25) is 15.9 Å².